The van der Waals surface area contributed by atoms with Crippen molar-refractivity contribution in [2.24, 2.45) is 11.8 Å². The van der Waals surface area contributed by atoms with Crippen molar-refractivity contribution in [3.8, 4) is 0 Å². The first-order valence-corrected chi connectivity index (χ1v) is 10.8. The van der Waals surface area contributed by atoms with E-state index in [1.165, 1.54) is 4.31 Å². The molecule has 0 bridgehead atoms. The molecule has 1 aliphatic carbocycles. The predicted octanol–water partition coefficient (Wildman–Crippen LogP) is 1.69. The summed E-state index contributed by atoms with van der Waals surface area (Å²) >= 11 is 0. The van der Waals surface area contributed by atoms with Crippen LogP contribution in [-0.4, -0.2) is 50.5 Å². The van der Waals surface area contributed by atoms with E-state index >= 15 is 0 Å². The molecular formula is C19H26N2O4S. The smallest absolute Gasteiger partial charge is 0.243 e. The molecule has 1 amide bonds. The van der Waals surface area contributed by atoms with Gasteiger partial charge < -0.3 is 10.1 Å². The van der Waals surface area contributed by atoms with Crippen LogP contribution in [0.15, 0.2) is 29.2 Å². The number of rotatable bonds is 6. The fourth-order valence-electron chi connectivity index (χ4n) is 3.98. The van der Waals surface area contributed by atoms with Crippen molar-refractivity contribution >= 4 is 15.9 Å². The van der Waals surface area contributed by atoms with Gasteiger partial charge in [0.1, 0.15) is 0 Å². The van der Waals surface area contributed by atoms with Crippen LogP contribution < -0.4 is 5.32 Å². The van der Waals surface area contributed by atoms with Crippen LogP contribution in [0.25, 0.3) is 0 Å². The van der Waals surface area contributed by atoms with Crippen molar-refractivity contribution in [2.75, 3.05) is 26.2 Å². The van der Waals surface area contributed by atoms with Crippen molar-refractivity contribution in [2.45, 2.75) is 43.1 Å². The Bertz CT molecular complexity index is 780. The minimum absolute atomic E-state index is 0.162. The highest BCUT2D eigenvalue weighted by molar-refractivity contribution is 7.89. The molecule has 0 aromatic heterocycles. The van der Waals surface area contributed by atoms with E-state index in [0.717, 1.165) is 31.2 Å². The molecule has 1 aromatic rings. The Morgan fingerprint density at radius 3 is 2.58 bits per heavy atom. The lowest BCUT2D eigenvalue weighted by atomic mass is 9.80. The molecule has 1 spiro atoms. The van der Waals surface area contributed by atoms with Gasteiger partial charge in [0.2, 0.25) is 15.9 Å². The van der Waals surface area contributed by atoms with E-state index in [1.807, 2.05) is 19.1 Å². The number of hydrogen-bond acceptors (Lipinski definition) is 4. The van der Waals surface area contributed by atoms with Crippen molar-refractivity contribution in [3.05, 3.63) is 29.8 Å². The van der Waals surface area contributed by atoms with E-state index in [2.05, 4.69) is 5.32 Å². The lowest BCUT2D eigenvalue weighted by Gasteiger charge is -2.49. The van der Waals surface area contributed by atoms with Crippen molar-refractivity contribution < 1.29 is 17.9 Å². The van der Waals surface area contributed by atoms with E-state index in [9.17, 15) is 13.2 Å². The molecule has 2 aliphatic heterocycles. The van der Waals surface area contributed by atoms with Crippen LogP contribution in [-0.2, 0) is 19.6 Å². The molecule has 0 unspecified atom stereocenters. The van der Waals surface area contributed by atoms with Crippen LogP contribution >= 0.6 is 0 Å². The average molecular weight is 378 g/mol. The van der Waals surface area contributed by atoms with Crippen LogP contribution in [0.3, 0.4) is 0 Å². The number of carbonyl (C=O) groups excluding carboxylic acids is 1. The van der Waals surface area contributed by atoms with Gasteiger partial charge in [-0.1, -0.05) is 17.7 Å². The third-order valence-electron chi connectivity index (χ3n) is 5.89. The van der Waals surface area contributed by atoms with E-state index < -0.39 is 10.0 Å². The highest BCUT2D eigenvalue weighted by Gasteiger charge is 2.56. The molecule has 2 saturated heterocycles. The summed E-state index contributed by atoms with van der Waals surface area (Å²) in [6, 6.07) is 6.96. The van der Waals surface area contributed by atoms with E-state index in [1.54, 1.807) is 12.1 Å². The van der Waals surface area contributed by atoms with Crippen molar-refractivity contribution in [1.82, 2.24) is 9.62 Å². The molecule has 6 nitrogen and oxygen atoms in total. The van der Waals surface area contributed by atoms with Gasteiger partial charge in [0, 0.05) is 32.2 Å². The number of hydrogen-bond donors (Lipinski definition) is 1. The second kappa shape index (κ2) is 6.62. The Hall–Kier alpha value is -1.44. The van der Waals surface area contributed by atoms with Gasteiger partial charge in [0.05, 0.1) is 10.5 Å². The van der Waals surface area contributed by atoms with Gasteiger partial charge >= 0.3 is 0 Å². The maximum absolute atomic E-state index is 12.8. The SMILES string of the molecule is Cc1ccc(S(=O)(=O)N2CC3(C2)OCC[C@H]3CCNC(=O)C2CC2)cc1. The van der Waals surface area contributed by atoms with Crippen LogP contribution in [0.1, 0.15) is 31.2 Å². The van der Waals surface area contributed by atoms with Gasteiger partial charge in [-0.3, -0.25) is 4.79 Å². The molecule has 26 heavy (non-hydrogen) atoms. The Balaban J connectivity index is 1.35. The molecule has 1 atom stereocenters. The Morgan fingerprint density at radius 1 is 1.23 bits per heavy atom. The van der Waals surface area contributed by atoms with Gasteiger partial charge in [-0.25, -0.2) is 8.42 Å². The van der Waals surface area contributed by atoms with Crippen molar-refractivity contribution in [3.63, 3.8) is 0 Å². The molecular weight excluding hydrogens is 352 g/mol. The molecule has 3 aliphatic rings. The highest BCUT2D eigenvalue weighted by atomic mass is 32.2. The normalized spacial score (nSPS) is 25.2. The predicted molar refractivity (Wildman–Crippen MR) is 97.1 cm³/mol. The fraction of sp³-hybridized carbons (Fsp3) is 0.632. The van der Waals surface area contributed by atoms with Gasteiger partial charge in [-0.15, -0.1) is 0 Å². The number of amides is 1. The quantitative estimate of drug-likeness (QED) is 0.817. The fourth-order valence-corrected chi connectivity index (χ4v) is 5.54. The summed E-state index contributed by atoms with van der Waals surface area (Å²) < 4.78 is 33.0. The second-order valence-corrected chi connectivity index (χ2v) is 9.78. The zero-order chi connectivity index (χ0) is 18.4. The molecule has 1 N–H and O–H groups in total. The third kappa shape index (κ3) is 3.28. The van der Waals surface area contributed by atoms with Gasteiger partial charge in [0.25, 0.3) is 0 Å². The van der Waals surface area contributed by atoms with Gasteiger partial charge in [-0.05, 0) is 50.7 Å². The molecule has 1 aromatic carbocycles. The molecule has 7 heteroatoms. The Morgan fingerprint density at radius 2 is 1.92 bits per heavy atom. The summed E-state index contributed by atoms with van der Waals surface area (Å²) in [6.07, 6.45) is 3.79. The second-order valence-electron chi connectivity index (χ2n) is 7.84. The average Bonchev–Trinajstić information content (AvgIpc) is 3.34. The number of nitrogens with one attached hydrogen (secondary N) is 1. The standard InChI is InChI=1S/C19H26N2O4S/c1-14-2-6-17(7-3-14)26(23,24)21-12-19(13-21)16(9-11-25-19)8-10-20-18(22)15-4-5-15/h2-3,6-7,15-16H,4-5,8-13H2,1H3,(H,20,22)/t16-/m1/s1. The minimum atomic E-state index is -3.46. The minimum Gasteiger partial charge on any atom is -0.372 e. The lowest BCUT2D eigenvalue weighted by Crippen LogP contribution is -2.66. The lowest BCUT2D eigenvalue weighted by molar-refractivity contribution is -0.122. The summed E-state index contributed by atoms with van der Waals surface area (Å²) in [4.78, 5) is 12.1. The molecule has 4 rings (SSSR count). The number of carbonyl (C=O) groups is 1. The molecule has 0 radical (unpaired) electrons. The largest absolute Gasteiger partial charge is 0.372 e. The molecule has 3 fully saturated rings. The first-order valence-electron chi connectivity index (χ1n) is 9.39. The Labute approximate surface area is 155 Å². The van der Waals surface area contributed by atoms with Gasteiger partial charge in [0.15, 0.2) is 0 Å². The first-order chi connectivity index (χ1) is 12.4. The first kappa shape index (κ1) is 17.9. The van der Waals surface area contributed by atoms with E-state index in [-0.39, 0.29) is 17.4 Å². The Kier molecular flexibility index (Phi) is 4.57. The zero-order valence-corrected chi connectivity index (χ0v) is 15.9. The number of aryl methyl sites for hydroxylation is 1. The summed E-state index contributed by atoms with van der Waals surface area (Å²) in [6.45, 7) is 4.07. The number of benzene rings is 1. The molecule has 142 valence electrons. The van der Waals surface area contributed by atoms with E-state index in [4.69, 9.17) is 4.74 Å². The highest BCUT2D eigenvalue weighted by Crippen LogP contribution is 2.43. The van der Waals surface area contributed by atoms with Crippen LogP contribution in [0.4, 0.5) is 0 Å². The number of ether oxygens (including phenoxy) is 1. The summed E-state index contributed by atoms with van der Waals surface area (Å²) in [5, 5.41) is 3.00. The number of sulfonamides is 1. The molecule has 2 heterocycles. The third-order valence-corrected chi connectivity index (χ3v) is 7.69. The van der Waals surface area contributed by atoms with Crippen LogP contribution in [0.2, 0.25) is 0 Å². The summed E-state index contributed by atoms with van der Waals surface area (Å²) in [7, 11) is -3.46. The van der Waals surface area contributed by atoms with E-state index in [0.29, 0.717) is 37.1 Å². The van der Waals surface area contributed by atoms with Crippen LogP contribution in [0, 0.1) is 18.8 Å². The maximum atomic E-state index is 12.8. The summed E-state index contributed by atoms with van der Waals surface area (Å²) in [5.41, 5.74) is 0.665. The molecule has 1 saturated carbocycles. The van der Waals surface area contributed by atoms with Gasteiger partial charge in [-0.2, -0.15) is 4.31 Å². The topological polar surface area (TPSA) is 75.7 Å². The maximum Gasteiger partial charge on any atom is 0.243 e. The number of nitrogens with zero attached hydrogens (tertiary/aromatic N) is 1. The van der Waals surface area contributed by atoms with Crippen molar-refractivity contribution in [1.29, 1.82) is 0 Å². The summed E-state index contributed by atoms with van der Waals surface area (Å²) in [5.74, 6) is 0.684. The van der Waals surface area contributed by atoms with Crippen LogP contribution in [0.5, 0.6) is 0 Å². The monoisotopic (exact) mass is 378 g/mol. The zero-order valence-electron chi connectivity index (χ0n) is 15.1.